The maximum absolute atomic E-state index is 12.7. The van der Waals surface area contributed by atoms with Gasteiger partial charge in [0.15, 0.2) is 0 Å². The van der Waals surface area contributed by atoms with Crippen LogP contribution in [0.25, 0.3) is 0 Å². The first-order valence-corrected chi connectivity index (χ1v) is 8.99. The summed E-state index contributed by atoms with van der Waals surface area (Å²) < 4.78 is 7.92. The summed E-state index contributed by atoms with van der Waals surface area (Å²) in [5.74, 6) is 0. The standard InChI is InChI=1S/C20H27N3O4/c1-15-13-22(12-8-11-21-18(25)27-20(2,3)4)19(26)23(17(15)24)14-16-9-6-5-7-10-16/h5-7,9-10,13H,8,11-12,14H2,1-4H3,(H,21,25). The number of benzene rings is 1. The largest absolute Gasteiger partial charge is 0.444 e. The summed E-state index contributed by atoms with van der Waals surface area (Å²) >= 11 is 0. The molecular formula is C20H27N3O4. The number of amides is 1. The Balaban J connectivity index is 2.04. The van der Waals surface area contributed by atoms with Crippen molar-refractivity contribution < 1.29 is 9.53 Å². The molecule has 0 atom stereocenters. The van der Waals surface area contributed by atoms with Crippen LogP contribution in [0, 0.1) is 6.92 Å². The third-order valence-electron chi connectivity index (χ3n) is 3.84. The van der Waals surface area contributed by atoms with E-state index in [2.05, 4.69) is 5.32 Å². The Labute approximate surface area is 158 Å². The van der Waals surface area contributed by atoms with E-state index in [1.165, 1.54) is 9.13 Å². The van der Waals surface area contributed by atoms with Crippen molar-refractivity contribution in [3.05, 3.63) is 68.5 Å². The zero-order valence-electron chi connectivity index (χ0n) is 16.3. The van der Waals surface area contributed by atoms with E-state index in [0.29, 0.717) is 25.1 Å². The van der Waals surface area contributed by atoms with Gasteiger partial charge in [-0.3, -0.25) is 9.36 Å². The van der Waals surface area contributed by atoms with E-state index < -0.39 is 11.7 Å². The molecule has 0 aliphatic carbocycles. The fourth-order valence-electron chi connectivity index (χ4n) is 2.62. The van der Waals surface area contributed by atoms with Crippen molar-refractivity contribution in [3.8, 4) is 0 Å². The summed E-state index contributed by atoms with van der Waals surface area (Å²) in [5, 5.41) is 2.66. The van der Waals surface area contributed by atoms with Crippen LogP contribution in [0.4, 0.5) is 4.79 Å². The van der Waals surface area contributed by atoms with E-state index in [0.717, 1.165) is 5.56 Å². The van der Waals surface area contributed by atoms with Crippen molar-refractivity contribution in [2.75, 3.05) is 6.54 Å². The number of hydrogen-bond donors (Lipinski definition) is 1. The lowest BCUT2D eigenvalue weighted by Gasteiger charge is -2.19. The third kappa shape index (κ3) is 6.13. The monoisotopic (exact) mass is 373 g/mol. The van der Waals surface area contributed by atoms with Crippen LogP contribution in [-0.4, -0.2) is 27.4 Å². The predicted molar refractivity (Wildman–Crippen MR) is 104 cm³/mol. The average molecular weight is 373 g/mol. The molecular weight excluding hydrogens is 346 g/mol. The maximum Gasteiger partial charge on any atom is 0.407 e. The molecule has 7 heteroatoms. The van der Waals surface area contributed by atoms with E-state index in [4.69, 9.17) is 4.74 Å². The second kappa shape index (κ2) is 8.70. The molecule has 0 saturated heterocycles. The van der Waals surface area contributed by atoms with Crippen molar-refractivity contribution in [1.29, 1.82) is 0 Å². The molecule has 0 unspecified atom stereocenters. The van der Waals surface area contributed by atoms with Gasteiger partial charge in [0.2, 0.25) is 0 Å². The topological polar surface area (TPSA) is 82.3 Å². The van der Waals surface area contributed by atoms with Gasteiger partial charge in [-0.05, 0) is 39.7 Å². The first-order chi connectivity index (χ1) is 12.7. The summed E-state index contributed by atoms with van der Waals surface area (Å²) in [5.41, 5.74) is 0.204. The number of ether oxygens (including phenoxy) is 1. The molecule has 2 rings (SSSR count). The molecule has 146 valence electrons. The van der Waals surface area contributed by atoms with Gasteiger partial charge in [-0.15, -0.1) is 0 Å². The highest BCUT2D eigenvalue weighted by atomic mass is 16.6. The number of aryl methyl sites for hydroxylation is 2. The van der Waals surface area contributed by atoms with Gasteiger partial charge in [-0.25, -0.2) is 9.59 Å². The van der Waals surface area contributed by atoms with Gasteiger partial charge in [0, 0.05) is 24.8 Å². The molecule has 7 nitrogen and oxygen atoms in total. The summed E-state index contributed by atoms with van der Waals surface area (Å²) in [6.45, 7) is 8.08. The number of hydrogen-bond acceptors (Lipinski definition) is 4. The quantitative estimate of drug-likeness (QED) is 0.788. The second-order valence-electron chi connectivity index (χ2n) is 7.45. The molecule has 1 N–H and O–H groups in total. The van der Waals surface area contributed by atoms with Crippen LogP contribution < -0.4 is 16.6 Å². The first kappa shape index (κ1) is 20.5. The Morgan fingerprint density at radius 3 is 2.44 bits per heavy atom. The van der Waals surface area contributed by atoms with Gasteiger partial charge in [0.05, 0.1) is 6.54 Å². The highest BCUT2D eigenvalue weighted by molar-refractivity contribution is 5.67. The van der Waals surface area contributed by atoms with Crippen LogP contribution in [-0.2, 0) is 17.8 Å². The van der Waals surface area contributed by atoms with Crippen molar-refractivity contribution in [2.24, 2.45) is 0 Å². The molecule has 27 heavy (non-hydrogen) atoms. The van der Waals surface area contributed by atoms with Crippen molar-refractivity contribution in [3.63, 3.8) is 0 Å². The van der Waals surface area contributed by atoms with Gasteiger partial charge >= 0.3 is 11.8 Å². The average Bonchev–Trinajstić information content (AvgIpc) is 2.59. The van der Waals surface area contributed by atoms with E-state index in [1.807, 2.05) is 30.3 Å². The minimum Gasteiger partial charge on any atom is -0.444 e. The van der Waals surface area contributed by atoms with Crippen LogP contribution in [0.15, 0.2) is 46.1 Å². The maximum atomic E-state index is 12.7. The molecule has 0 fully saturated rings. The Kier molecular flexibility index (Phi) is 6.60. The minimum absolute atomic E-state index is 0.232. The van der Waals surface area contributed by atoms with E-state index in [9.17, 15) is 14.4 Å². The summed E-state index contributed by atoms with van der Waals surface area (Å²) in [6, 6.07) is 9.39. The number of carbonyl (C=O) groups excluding carboxylic acids is 1. The fourth-order valence-corrected chi connectivity index (χ4v) is 2.62. The summed E-state index contributed by atoms with van der Waals surface area (Å²) in [4.78, 5) is 36.7. The van der Waals surface area contributed by atoms with Crippen molar-refractivity contribution in [2.45, 2.75) is 52.8 Å². The second-order valence-corrected chi connectivity index (χ2v) is 7.45. The van der Waals surface area contributed by atoms with Crippen LogP contribution in [0.2, 0.25) is 0 Å². The van der Waals surface area contributed by atoms with Gasteiger partial charge in [0.1, 0.15) is 5.60 Å². The Bertz CT molecular complexity index is 892. The molecule has 1 aromatic heterocycles. The van der Waals surface area contributed by atoms with Crippen LogP contribution in [0.5, 0.6) is 0 Å². The van der Waals surface area contributed by atoms with Gasteiger partial charge in [0.25, 0.3) is 5.56 Å². The molecule has 0 aliphatic rings. The minimum atomic E-state index is -0.551. The van der Waals surface area contributed by atoms with Crippen LogP contribution in [0.3, 0.4) is 0 Å². The summed E-state index contributed by atoms with van der Waals surface area (Å²) in [6.07, 6.45) is 1.63. The van der Waals surface area contributed by atoms with E-state index >= 15 is 0 Å². The Morgan fingerprint density at radius 1 is 1.15 bits per heavy atom. The highest BCUT2D eigenvalue weighted by Gasteiger charge is 2.15. The number of rotatable bonds is 6. The number of alkyl carbamates (subject to hydrolysis) is 1. The van der Waals surface area contributed by atoms with Gasteiger partial charge in [-0.1, -0.05) is 30.3 Å². The fraction of sp³-hybridized carbons (Fsp3) is 0.450. The van der Waals surface area contributed by atoms with E-state index in [-0.39, 0.29) is 17.8 Å². The number of nitrogens with zero attached hydrogens (tertiary/aromatic N) is 2. The Hall–Kier alpha value is -2.83. The van der Waals surface area contributed by atoms with E-state index in [1.54, 1.807) is 33.9 Å². The van der Waals surface area contributed by atoms with Crippen molar-refractivity contribution >= 4 is 6.09 Å². The first-order valence-electron chi connectivity index (χ1n) is 8.99. The van der Waals surface area contributed by atoms with Gasteiger partial charge in [-0.2, -0.15) is 0 Å². The normalized spacial score (nSPS) is 11.3. The molecule has 0 radical (unpaired) electrons. The third-order valence-corrected chi connectivity index (χ3v) is 3.84. The molecule has 1 amide bonds. The Morgan fingerprint density at radius 2 is 1.81 bits per heavy atom. The lowest BCUT2D eigenvalue weighted by molar-refractivity contribution is 0.0526. The highest BCUT2D eigenvalue weighted by Crippen LogP contribution is 2.06. The zero-order chi connectivity index (χ0) is 20.0. The smallest absolute Gasteiger partial charge is 0.407 e. The molecule has 0 spiro atoms. The molecule has 1 heterocycles. The van der Waals surface area contributed by atoms with Crippen LogP contribution >= 0.6 is 0 Å². The predicted octanol–water partition coefficient (Wildman–Crippen LogP) is 2.28. The zero-order valence-corrected chi connectivity index (χ0v) is 16.3. The molecule has 0 aliphatic heterocycles. The molecule has 0 saturated carbocycles. The summed E-state index contributed by atoms with van der Waals surface area (Å²) in [7, 11) is 0. The lowest BCUT2D eigenvalue weighted by Crippen LogP contribution is -2.41. The SMILES string of the molecule is Cc1cn(CCCNC(=O)OC(C)(C)C)c(=O)n(Cc2ccccc2)c1=O. The molecule has 2 aromatic rings. The van der Waals surface area contributed by atoms with Gasteiger partial charge < -0.3 is 14.6 Å². The molecule has 0 bridgehead atoms. The molecule has 1 aromatic carbocycles. The van der Waals surface area contributed by atoms with Crippen LogP contribution in [0.1, 0.15) is 38.3 Å². The lowest BCUT2D eigenvalue weighted by atomic mass is 10.2. The number of nitrogens with one attached hydrogen (secondary N) is 1. The van der Waals surface area contributed by atoms with Crippen molar-refractivity contribution in [1.82, 2.24) is 14.5 Å². The number of aromatic nitrogens is 2. The number of carbonyl (C=O) groups is 1.